The first kappa shape index (κ1) is 25.5. The Morgan fingerprint density at radius 3 is 2.39 bits per heavy atom. The Morgan fingerprint density at radius 1 is 1.00 bits per heavy atom. The van der Waals surface area contributed by atoms with Gasteiger partial charge in [0.1, 0.15) is 11.8 Å². The minimum absolute atomic E-state index is 0.0737. The molecule has 9 nitrogen and oxygen atoms in total. The molecule has 0 bridgehead atoms. The quantitative estimate of drug-likeness (QED) is 0.611. The first-order valence-corrected chi connectivity index (χ1v) is 12.4. The fourth-order valence-corrected chi connectivity index (χ4v) is 4.66. The van der Waals surface area contributed by atoms with E-state index in [1.54, 1.807) is 12.0 Å². The normalized spacial score (nSPS) is 18.5. The number of nitrogens with one attached hydrogen (secondary N) is 2. The Bertz CT molecular complexity index is 1100. The van der Waals surface area contributed by atoms with E-state index in [9.17, 15) is 14.4 Å². The van der Waals surface area contributed by atoms with Crippen molar-refractivity contribution in [3.05, 3.63) is 53.6 Å². The van der Waals surface area contributed by atoms with Crippen LogP contribution in [-0.4, -0.2) is 86.5 Å². The highest BCUT2D eigenvalue weighted by Gasteiger charge is 2.35. The van der Waals surface area contributed by atoms with Crippen LogP contribution in [0.15, 0.2) is 42.5 Å². The Balaban J connectivity index is 1.31. The molecule has 9 heteroatoms. The monoisotopic (exact) mass is 493 g/mol. The molecule has 0 aliphatic carbocycles. The third-order valence-electron chi connectivity index (χ3n) is 6.99. The molecule has 0 saturated carbocycles. The van der Waals surface area contributed by atoms with Gasteiger partial charge < -0.3 is 25.2 Å². The van der Waals surface area contributed by atoms with Crippen LogP contribution in [0.4, 0.5) is 11.4 Å². The second-order valence-electron chi connectivity index (χ2n) is 9.41. The number of anilines is 2. The lowest BCUT2D eigenvalue weighted by molar-refractivity contribution is -0.145. The average molecular weight is 494 g/mol. The summed E-state index contributed by atoms with van der Waals surface area (Å²) in [6.07, 6.45) is -0.0737. The average Bonchev–Trinajstić information content (AvgIpc) is 2.88. The molecule has 4 rings (SSSR count). The first-order chi connectivity index (χ1) is 17.3. The van der Waals surface area contributed by atoms with Crippen LogP contribution in [0.3, 0.4) is 0 Å². The molecule has 2 heterocycles. The van der Waals surface area contributed by atoms with Crippen LogP contribution >= 0.6 is 0 Å². The summed E-state index contributed by atoms with van der Waals surface area (Å²) in [7, 11) is 1.65. The van der Waals surface area contributed by atoms with Gasteiger partial charge in [0.2, 0.25) is 17.7 Å². The van der Waals surface area contributed by atoms with E-state index >= 15 is 0 Å². The minimum Gasteiger partial charge on any atom is -0.497 e. The number of carbonyl (C=O) groups excluding carboxylic acids is 3. The van der Waals surface area contributed by atoms with Crippen molar-refractivity contribution in [2.45, 2.75) is 26.3 Å². The van der Waals surface area contributed by atoms with Crippen LogP contribution in [-0.2, 0) is 14.4 Å². The summed E-state index contributed by atoms with van der Waals surface area (Å²) in [5.74, 6) is 0.137. The van der Waals surface area contributed by atoms with Gasteiger partial charge in [-0.3, -0.25) is 19.3 Å². The molecule has 0 spiro atoms. The minimum atomic E-state index is -0.807. The molecule has 1 unspecified atom stereocenters. The number of hydrogen-bond acceptors (Lipinski definition) is 6. The summed E-state index contributed by atoms with van der Waals surface area (Å²) in [5.41, 5.74) is 4.03. The Kier molecular flexibility index (Phi) is 8.10. The highest BCUT2D eigenvalue weighted by molar-refractivity contribution is 5.97. The van der Waals surface area contributed by atoms with Gasteiger partial charge in [0.25, 0.3) is 0 Å². The van der Waals surface area contributed by atoms with Gasteiger partial charge in [-0.05, 0) is 61.4 Å². The number of rotatable bonds is 7. The second-order valence-corrected chi connectivity index (χ2v) is 9.41. The topological polar surface area (TPSA) is 94.2 Å². The predicted molar refractivity (Wildman–Crippen MR) is 139 cm³/mol. The molecule has 2 aliphatic rings. The Labute approximate surface area is 212 Å². The molecule has 2 aromatic rings. The third-order valence-corrected chi connectivity index (χ3v) is 6.99. The van der Waals surface area contributed by atoms with Crippen molar-refractivity contribution in [3.8, 4) is 5.75 Å². The maximum absolute atomic E-state index is 13.2. The van der Waals surface area contributed by atoms with Crippen molar-refractivity contribution in [1.82, 2.24) is 15.1 Å². The SMILES string of the molecule is COc1ccc(N2CCN(CC(=O)N3CCNC(=O)C3CC(=O)Nc3ccc(C)c(C)c3)CC2)cc1. The number of nitrogens with zero attached hydrogens (tertiary/aromatic N) is 3. The third kappa shape index (κ3) is 6.15. The van der Waals surface area contributed by atoms with Gasteiger partial charge in [-0.15, -0.1) is 0 Å². The van der Waals surface area contributed by atoms with E-state index in [4.69, 9.17) is 4.74 Å². The number of methoxy groups -OCH3 is 1. The van der Waals surface area contributed by atoms with Crippen LogP contribution < -0.4 is 20.3 Å². The first-order valence-electron chi connectivity index (χ1n) is 12.4. The van der Waals surface area contributed by atoms with Gasteiger partial charge >= 0.3 is 0 Å². The lowest BCUT2D eigenvalue weighted by Gasteiger charge is -2.39. The number of carbonyl (C=O) groups is 3. The van der Waals surface area contributed by atoms with Crippen molar-refractivity contribution in [2.75, 3.05) is 63.1 Å². The summed E-state index contributed by atoms with van der Waals surface area (Å²) < 4.78 is 5.23. The van der Waals surface area contributed by atoms with E-state index in [0.717, 1.165) is 48.7 Å². The fraction of sp³-hybridized carbons (Fsp3) is 0.444. The summed E-state index contributed by atoms with van der Waals surface area (Å²) in [6.45, 7) is 8.13. The lowest BCUT2D eigenvalue weighted by Crippen LogP contribution is -2.60. The Hall–Kier alpha value is -3.59. The van der Waals surface area contributed by atoms with Crippen molar-refractivity contribution in [2.24, 2.45) is 0 Å². The van der Waals surface area contributed by atoms with E-state index in [-0.39, 0.29) is 30.7 Å². The number of amides is 3. The highest BCUT2D eigenvalue weighted by Crippen LogP contribution is 2.21. The van der Waals surface area contributed by atoms with Gasteiger partial charge in [0.05, 0.1) is 20.1 Å². The van der Waals surface area contributed by atoms with Crippen molar-refractivity contribution in [3.63, 3.8) is 0 Å². The molecule has 2 fully saturated rings. The predicted octanol–water partition coefficient (Wildman–Crippen LogP) is 1.79. The van der Waals surface area contributed by atoms with Crippen molar-refractivity contribution >= 4 is 29.1 Å². The van der Waals surface area contributed by atoms with Crippen LogP contribution in [0.25, 0.3) is 0 Å². The number of ether oxygens (including phenoxy) is 1. The van der Waals surface area contributed by atoms with Gasteiger partial charge in [-0.1, -0.05) is 6.07 Å². The molecule has 3 amide bonds. The number of piperazine rings is 2. The second kappa shape index (κ2) is 11.4. The molecular formula is C27H35N5O4. The zero-order valence-electron chi connectivity index (χ0n) is 21.3. The molecular weight excluding hydrogens is 458 g/mol. The molecule has 192 valence electrons. The molecule has 36 heavy (non-hydrogen) atoms. The fourth-order valence-electron chi connectivity index (χ4n) is 4.66. The lowest BCUT2D eigenvalue weighted by atomic mass is 10.1. The standard InChI is InChI=1S/C27H35N5O4/c1-19-4-5-21(16-20(19)2)29-25(33)17-24-27(35)28-10-11-32(24)26(34)18-30-12-14-31(15-13-30)22-6-8-23(36-3)9-7-22/h4-9,16,24H,10-15,17-18H2,1-3H3,(H,28,35)(H,29,33). The van der Waals surface area contributed by atoms with Crippen LogP contribution in [0, 0.1) is 13.8 Å². The molecule has 1 atom stereocenters. The maximum atomic E-state index is 13.2. The van der Waals surface area contributed by atoms with Gasteiger partial charge in [0, 0.05) is 50.6 Å². The zero-order chi connectivity index (χ0) is 25.7. The maximum Gasteiger partial charge on any atom is 0.243 e. The van der Waals surface area contributed by atoms with Crippen molar-refractivity contribution < 1.29 is 19.1 Å². The van der Waals surface area contributed by atoms with E-state index < -0.39 is 6.04 Å². The van der Waals surface area contributed by atoms with Crippen LogP contribution in [0.2, 0.25) is 0 Å². The van der Waals surface area contributed by atoms with E-state index in [2.05, 4.69) is 20.4 Å². The molecule has 2 aromatic carbocycles. The molecule has 0 radical (unpaired) electrons. The summed E-state index contributed by atoms with van der Waals surface area (Å²) in [6, 6.07) is 12.9. The summed E-state index contributed by atoms with van der Waals surface area (Å²) in [5, 5.41) is 5.66. The zero-order valence-corrected chi connectivity index (χ0v) is 21.3. The summed E-state index contributed by atoms with van der Waals surface area (Å²) in [4.78, 5) is 44.5. The van der Waals surface area contributed by atoms with Gasteiger partial charge in [-0.2, -0.15) is 0 Å². The molecule has 2 N–H and O–H groups in total. The van der Waals surface area contributed by atoms with Gasteiger partial charge in [0.15, 0.2) is 0 Å². The van der Waals surface area contributed by atoms with Crippen molar-refractivity contribution in [1.29, 1.82) is 0 Å². The van der Waals surface area contributed by atoms with E-state index in [1.165, 1.54) is 0 Å². The largest absolute Gasteiger partial charge is 0.497 e. The highest BCUT2D eigenvalue weighted by atomic mass is 16.5. The summed E-state index contributed by atoms with van der Waals surface area (Å²) >= 11 is 0. The number of benzene rings is 2. The number of hydrogen-bond donors (Lipinski definition) is 2. The van der Waals surface area contributed by atoms with Crippen LogP contribution in [0.5, 0.6) is 5.75 Å². The van der Waals surface area contributed by atoms with E-state index in [1.807, 2.05) is 56.3 Å². The smallest absolute Gasteiger partial charge is 0.243 e. The molecule has 2 saturated heterocycles. The van der Waals surface area contributed by atoms with Gasteiger partial charge in [-0.25, -0.2) is 0 Å². The molecule has 2 aliphatic heterocycles. The van der Waals surface area contributed by atoms with E-state index in [0.29, 0.717) is 18.8 Å². The molecule has 0 aromatic heterocycles. The van der Waals surface area contributed by atoms with Crippen LogP contribution in [0.1, 0.15) is 17.5 Å². The number of aryl methyl sites for hydroxylation is 2. The Morgan fingerprint density at radius 2 is 1.72 bits per heavy atom.